The largest absolute Gasteiger partial charge is 0.370 e. The summed E-state index contributed by atoms with van der Waals surface area (Å²) in [6, 6.07) is 4.25. The molecule has 0 bridgehead atoms. The topological polar surface area (TPSA) is 39.9 Å². The molecule has 1 aromatic rings. The summed E-state index contributed by atoms with van der Waals surface area (Å²) in [5.74, 6) is 0. The molecule has 0 radical (unpaired) electrons. The number of pyridine rings is 1. The molecule has 0 fully saturated rings. The molecule has 0 spiro atoms. The molecule has 3 nitrogen and oxygen atoms in total. The first-order valence-electron chi connectivity index (χ1n) is 4.23. The molecule has 0 aromatic carbocycles. The molecule has 1 rings (SSSR count). The van der Waals surface area contributed by atoms with Crippen molar-refractivity contribution < 1.29 is 0 Å². The van der Waals surface area contributed by atoms with E-state index in [4.69, 9.17) is 5.26 Å². The van der Waals surface area contributed by atoms with Crippen LogP contribution in [0.1, 0.15) is 19.4 Å². The molecule has 0 atom stereocenters. The van der Waals surface area contributed by atoms with Gasteiger partial charge in [0.1, 0.15) is 6.07 Å². The van der Waals surface area contributed by atoms with Crippen molar-refractivity contribution in [2.75, 3.05) is 11.9 Å². The Bertz CT molecular complexity index is 325. The fourth-order valence-corrected chi connectivity index (χ4v) is 1.04. The molecule has 3 heteroatoms. The minimum absolute atomic E-state index is 0.372. The zero-order valence-corrected chi connectivity index (χ0v) is 8.15. The maximum atomic E-state index is 8.84. The van der Waals surface area contributed by atoms with Crippen molar-refractivity contribution in [1.29, 1.82) is 5.26 Å². The number of nitriles is 1. The lowest BCUT2D eigenvalue weighted by Gasteiger charge is -2.23. The molecule has 0 unspecified atom stereocenters. The Hall–Kier alpha value is -1.56. The molecule has 13 heavy (non-hydrogen) atoms. The second kappa shape index (κ2) is 3.90. The van der Waals surface area contributed by atoms with Crippen LogP contribution in [0.25, 0.3) is 0 Å². The first-order chi connectivity index (χ1) is 6.16. The molecular weight excluding hydrogens is 162 g/mol. The molecule has 68 valence electrons. The Kier molecular flexibility index (Phi) is 2.86. The number of rotatable bonds is 2. The van der Waals surface area contributed by atoms with Crippen molar-refractivity contribution in [2.45, 2.75) is 19.9 Å². The second-order valence-corrected chi connectivity index (χ2v) is 3.21. The average molecular weight is 175 g/mol. The van der Waals surface area contributed by atoms with Gasteiger partial charge in [-0.15, -0.1) is 0 Å². The normalized spacial score (nSPS) is 9.77. The van der Waals surface area contributed by atoms with E-state index in [0.717, 1.165) is 5.69 Å². The highest BCUT2D eigenvalue weighted by molar-refractivity contribution is 5.57. The lowest BCUT2D eigenvalue weighted by Crippen LogP contribution is -2.26. The molecule has 0 amide bonds. The summed E-state index contributed by atoms with van der Waals surface area (Å²) < 4.78 is 0. The van der Waals surface area contributed by atoms with E-state index in [9.17, 15) is 0 Å². The van der Waals surface area contributed by atoms with E-state index in [1.165, 1.54) is 0 Å². The molecule has 1 aromatic heterocycles. The summed E-state index contributed by atoms with van der Waals surface area (Å²) in [7, 11) is 1.96. The van der Waals surface area contributed by atoms with Gasteiger partial charge in [0.05, 0.1) is 17.4 Å². The van der Waals surface area contributed by atoms with Gasteiger partial charge in [-0.1, -0.05) is 0 Å². The summed E-state index contributed by atoms with van der Waals surface area (Å²) in [5.41, 5.74) is 1.56. The highest BCUT2D eigenvalue weighted by Crippen LogP contribution is 2.18. The summed E-state index contributed by atoms with van der Waals surface area (Å²) in [6.45, 7) is 4.16. The smallest absolute Gasteiger partial charge is 0.101 e. The molecule has 0 aliphatic carbocycles. The highest BCUT2D eigenvalue weighted by atomic mass is 15.1. The molecule has 0 saturated carbocycles. The third-order valence-corrected chi connectivity index (χ3v) is 2.08. The van der Waals surface area contributed by atoms with E-state index in [2.05, 4.69) is 24.9 Å². The van der Waals surface area contributed by atoms with Gasteiger partial charge in [-0.05, 0) is 19.9 Å². The van der Waals surface area contributed by atoms with Crippen LogP contribution in [0.2, 0.25) is 0 Å². The summed E-state index contributed by atoms with van der Waals surface area (Å²) in [5, 5.41) is 8.84. The average Bonchev–Trinajstić information content (AvgIpc) is 2.16. The van der Waals surface area contributed by atoms with Crippen molar-refractivity contribution in [3.63, 3.8) is 0 Å². The fraction of sp³-hybridized carbons (Fsp3) is 0.400. The van der Waals surface area contributed by atoms with Crippen molar-refractivity contribution in [3.8, 4) is 6.07 Å². The van der Waals surface area contributed by atoms with Gasteiger partial charge in [-0.3, -0.25) is 4.98 Å². The van der Waals surface area contributed by atoms with Crippen LogP contribution in [0.15, 0.2) is 18.5 Å². The van der Waals surface area contributed by atoms with Gasteiger partial charge >= 0.3 is 0 Å². The second-order valence-electron chi connectivity index (χ2n) is 3.21. The summed E-state index contributed by atoms with van der Waals surface area (Å²) in [6.07, 6.45) is 3.36. The van der Waals surface area contributed by atoms with Crippen LogP contribution in [0, 0.1) is 11.3 Å². The van der Waals surface area contributed by atoms with Crippen LogP contribution in [0.4, 0.5) is 5.69 Å². The fourth-order valence-electron chi connectivity index (χ4n) is 1.04. The van der Waals surface area contributed by atoms with E-state index in [1.807, 2.05) is 11.9 Å². The minimum atomic E-state index is 0.372. The van der Waals surface area contributed by atoms with Crippen LogP contribution in [-0.4, -0.2) is 18.1 Å². The van der Waals surface area contributed by atoms with Crippen LogP contribution in [-0.2, 0) is 0 Å². The van der Waals surface area contributed by atoms with E-state index >= 15 is 0 Å². The van der Waals surface area contributed by atoms with E-state index in [-0.39, 0.29) is 0 Å². The molecular formula is C10H13N3. The number of anilines is 1. The number of aromatic nitrogens is 1. The van der Waals surface area contributed by atoms with Gasteiger partial charge in [0.15, 0.2) is 0 Å². The molecule has 1 heterocycles. The quantitative estimate of drug-likeness (QED) is 0.688. The standard InChI is InChI=1S/C10H13N3/c1-8(2)13(3)10-7-12-5-4-9(10)6-11/h4-5,7-8H,1-3H3. The zero-order valence-electron chi connectivity index (χ0n) is 8.15. The van der Waals surface area contributed by atoms with Crippen LogP contribution in [0.5, 0.6) is 0 Å². The zero-order chi connectivity index (χ0) is 9.84. The lowest BCUT2D eigenvalue weighted by atomic mass is 10.2. The number of hydrogen-bond donors (Lipinski definition) is 0. The predicted molar refractivity (Wildman–Crippen MR) is 52.5 cm³/mol. The molecule has 0 N–H and O–H groups in total. The lowest BCUT2D eigenvalue weighted by molar-refractivity contribution is 0.752. The van der Waals surface area contributed by atoms with Gasteiger partial charge in [-0.25, -0.2) is 0 Å². The van der Waals surface area contributed by atoms with Crippen molar-refractivity contribution in [2.24, 2.45) is 0 Å². The first kappa shape index (κ1) is 9.53. The van der Waals surface area contributed by atoms with Crippen LogP contribution in [0.3, 0.4) is 0 Å². The van der Waals surface area contributed by atoms with Crippen molar-refractivity contribution in [1.82, 2.24) is 4.98 Å². The SMILES string of the molecule is CC(C)N(C)c1cnccc1C#N. The van der Waals surface area contributed by atoms with Gasteiger partial charge in [-0.2, -0.15) is 5.26 Å². The first-order valence-corrected chi connectivity index (χ1v) is 4.23. The Morgan fingerprint density at radius 3 is 2.77 bits per heavy atom. The van der Waals surface area contributed by atoms with Crippen molar-refractivity contribution in [3.05, 3.63) is 24.0 Å². The Morgan fingerprint density at radius 1 is 1.54 bits per heavy atom. The van der Waals surface area contributed by atoms with Crippen LogP contribution < -0.4 is 4.90 Å². The number of nitrogens with zero attached hydrogens (tertiary/aromatic N) is 3. The highest BCUT2D eigenvalue weighted by Gasteiger charge is 2.09. The summed E-state index contributed by atoms with van der Waals surface area (Å²) >= 11 is 0. The van der Waals surface area contributed by atoms with Gasteiger partial charge < -0.3 is 4.90 Å². The van der Waals surface area contributed by atoms with Gasteiger partial charge in [0.25, 0.3) is 0 Å². The molecule has 0 saturated heterocycles. The van der Waals surface area contributed by atoms with Gasteiger partial charge in [0, 0.05) is 19.3 Å². The molecule has 0 aliphatic rings. The Morgan fingerprint density at radius 2 is 2.23 bits per heavy atom. The van der Waals surface area contributed by atoms with Crippen molar-refractivity contribution >= 4 is 5.69 Å². The minimum Gasteiger partial charge on any atom is -0.370 e. The third kappa shape index (κ3) is 1.97. The van der Waals surface area contributed by atoms with Crippen LogP contribution >= 0.6 is 0 Å². The van der Waals surface area contributed by atoms with E-state index in [1.54, 1.807) is 18.5 Å². The van der Waals surface area contributed by atoms with E-state index in [0.29, 0.717) is 11.6 Å². The third-order valence-electron chi connectivity index (χ3n) is 2.08. The predicted octanol–water partition coefficient (Wildman–Crippen LogP) is 1.80. The van der Waals surface area contributed by atoms with Gasteiger partial charge in [0.2, 0.25) is 0 Å². The van der Waals surface area contributed by atoms with E-state index < -0.39 is 0 Å². The maximum absolute atomic E-state index is 8.84. The maximum Gasteiger partial charge on any atom is 0.101 e. The Balaban J connectivity index is 3.07. The monoisotopic (exact) mass is 175 g/mol. The Labute approximate surface area is 78.6 Å². The molecule has 0 aliphatic heterocycles. The number of hydrogen-bond acceptors (Lipinski definition) is 3. The summed E-state index contributed by atoms with van der Waals surface area (Å²) in [4.78, 5) is 6.04.